The van der Waals surface area contributed by atoms with Gasteiger partial charge in [0.2, 0.25) is 0 Å². The van der Waals surface area contributed by atoms with E-state index >= 15 is 0 Å². The van der Waals surface area contributed by atoms with E-state index in [1.165, 1.54) is 6.92 Å². The van der Waals surface area contributed by atoms with Crippen LogP contribution in [-0.2, 0) is 14.3 Å². The average molecular weight is 418 g/mol. The van der Waals surface area contributed by atoms with Gasteiger partial charge in [-0.2, -0.15) is 0 Å². The van der Waals surface area contributed by atoms with E-state index in [9.17, 15) is 14.4 Å². The van der Waals surface area contributed by atoms with Crippen LogP contribution in [0.25, 0.3) is 0 Å². The zero-order chi connectivity index (χ0) is 22.1. The number of anilines is 3. The summed E-state index contributed by atoms with van der Waals surface area (Å²) in [6, 6.07) is 23.4. The topological polar surface area (TPSA) is 93.7 Å². The van der Waals surface area contributed by atoms with Gasteiger partial charge in [0.25, 0.3) is 5.91 Å². The van der Waals surface area contributed by atoms with Gasteiger partial charge in [-0.3, -0.25) is 9.59 Å². The summed E-state index contributed by atoms with van der Waals surface area (Å²) in [5.41, 5.74) is 2.78. The zero-order valence-electron chi connectivity index (χ0n) is 17.0. The minimum absolute atomic E-state index is 0.108. The second-order valence-electron chi connectivity index (χ2n) is 6.65. The molecule has 0 heterocycles. The van der Waals surface area contributed by atoms with Gasteiger partial charge in [-0.25, -0.2) is 4.79 Å². The van der Waals surface area contributed by atoms with Crippen molar-refractivity contribution in [3.63, 3.8) is 0 Å². The molecule has 0 unspecified atom stereocenters. The number of nitrogens with one attached hydrogen (secondary N) is 2. The maximum Gasteiger partial charge on any atom is 0.344 e. The van der Waals surface area contributed by atoms with Crippen molar-refractivity contribution < 1.29 is 23.9 Å². The van der Waals surface area contributed by atoms with E-state index in [1.54, 1.807) is 36.4 Å². The van der Waals surface area contributed by atoms with Crippen molar-refractivity contribution in [3.8, 4) is 5.75 Å². The molecule has 31 heavy (non-hydrogen) atoms. The highest BCUT2D eigenvalue weighted by Gasteiger charge is 2.10. The van der Waals surface area contributed by atoms with Crippen LogP contribution in [0.15, 0.2) is 78.9 Å². The summed E-state index contributed by atoms with van der Waals surface area (Å²) in [5, 5.41) is 5.82. The normalized spacial score (nSPS) is 10.1. The second-order valence-corrected chi connectivity index (χ2v) is 6.65. The summed E-state index contributed by atoms with van der Waals surface area (Å²) < 4.78 is 10.3. The lowest BCUT2D eigenvalue weighted by Crippen LogP contribution is -2.23. The number of amides is 1. The SMILES string of the molecule is CC(=O)c1cccc(NC(=O)COC(=O)COc2ccc(Nc3ccccc3)cc2)c1. The van der Waals surface area contributed by atoms with Gasteiger partial charge in [-0.1, -0.05) is 30.3 Å². The average Bonchev–Trinajstić information content (AvgIpc) is 2.78. The van der Waals surface area contributed by atoms with Crippen molar-refractivity contribution in [2.45, 2.75) is 6.92 Å². The number of benzene rings is 3. The van der Waals surface area contributed by atoms with E-state index < -0.39 is 18.5 Å². The van der Waals surface area contributed by atoms with Crippen molar-refractivity contribution in [2.75, 3.05) is 23.8 Å². The number of Topliss-reactive ketones (excluding diaryl/α,β-unsaturated/α-hetero) is 1. The summed E-state index contributed by atoms with van der Waals surface area (Å²) in [5.74, 6) is -0.783. The molecule has 0 saturated carbocycles. The lowest BCUT2D eigenvalue weighted by Gasteiger charge is -2.10. The third-order valence-electron chi connectivity index (χ3n) is 4.19. The fourth-order valence-electron chi connectivity index (χ4n) is 2.67. The molecule has 0 aliphatic rings. The van der Waals surface area contributed by atoms with Gasteiger partial charge >= 0.3 is 5.97 Å². The number of rotatable bonds is 9. The quantitative estimate of drug-likeness (QED) is 0.400. The van der Waals surface area contributed by atoms with Gasteiger partial charge in [0.1, 0.15) is 5.75 Å². The molecule has 158 valence electrons. The summed E-state index contributed by atoms with van der Waals surface area (Å²) in [7, 11) is 0. The lowest BCUT2D eigenvalue weighted by molar-refractivity contribution is -0.149. The monoisotopic (exact) mass is 418 g/mol. The number of ether oxygens (including phenoxy) is 2. The Balaban J connectivity index is 1.40. The number of carbonyl (C=O) groups is 3. The summed E-state index contributed by atoms with van der Waals surface area (Å²) in [6.45, 7) is 0.668. The third-order valence-corrected chi connectivity index (χ3v) is 4.19. The van der Waals surface area contributed by atoms with Gasteiger partial charge in [0, 0.05) is 22.6 Å². The predicted molar refractivity (Wildman–Crippen MR) is 118 cm³/mol. The van der Waals surface area contributed by atoms with Crippen LogP contribution in [0.1, 0.15) is 17.3 Å². The molecule has 0 spiro atoms. The third kappa shape index (κ3) is 7.01. The van der Waals surface area contributed by atoms with Crippen LogP contribution in [-0.4, -0.2) is 30.9 Å². The Bertz CT molecular complexity index is 1050. The second kappa shape index (κ2) is 10.6. The van der Waals surface area contributed by atoms with Crippen LogP contribution >= 0.6 is 0 Å². The number of hydrogen-bond donors (Lipinski definition) is 2. The molecular weight excluding hydrogens is 396 g/mol. The Morgan fingerprint density at radius 2 is 1.45 bits per heavy atom. The van der Waals surface area contributed by atoms with E-state index in [2.05, 4.69) is 10.6 Å². The molecule has 3 rings (SSSR count). The van der Waals surface area contributed by atoms with Crippen LogP contribution in [0.2, 0.25) is 0 Å². The maximum atomic E-state index is 11.9. The van der Waals surface area contributed by atoms with Crippen molar-refractivity contribution >= 4 is 34.7 Å². The molecule has 0 aliphatic carbocycles. The minimum atomic E-state index is -0.667. The van der Waals surface area contributed by atoms with Crippen LogP contribution in [0.4, 0.5) is 17.1 Å². The molecule has 0 aliphatic heterocycles. The van der Waals surface area contributed by atoms with Gasteiger partial charge in [0.05, 0.1) is 0 Å². The number of ketones is 1. The van der Waals surface area contributed by atoms with Gasteiger partial charge in [-0.15, -0.1) is 0 Å². The summed E-state index contributed by atoms with van der Waals surface area (Å²) in [6.07, 6.45) is 0. The Kier molecular flexibility index (Phi) is 7.37. The first-order valence-electron chi connectivity index (χ1n) is 9.61. The maximum absolute atomic E-state index is 11.9. The van der Waals surface area contributed by atoms with E-state index in [0.717, 1.165) is 11.4 Å². The standard InChI is InChI=1S/C24H22N2O5/c1-17(27)18-6-5-9-21(14-18)26-23(28)15-31-24(29)16-30-22-12-10-20(11-13-22)25-19-7-3-2-4-8-19/h2-14,25H,15-16H2,1H3,(H,26,28). The smallest absolute Gasteiger partial charge is 0.344 e. The molecule has 7 heteroatoms. The molecule has 0 bridgehead atoms. The van der Waals surface area contributed by atoms with Crippen molar-refractivity contribution in [1.82, 2.24) is 0 Å². The molecule has 0 fully saturated rings. The van der Waals surface area contributed by atoms with Crippen molar-refractivity contribution in [1.29, 1.82) is 0 Å². The molecule has 0 saturated heterocycles. The van der Waals surface area contributed by atoms with Gasteiger partial charge in [0.15, 0.2) is 19.0 Å². The molecular formula is C24H22N2O5. The first-order chi connectivity index (χ1) is 15.0. The fraction of sp³-hybridized carbons (Fsp3) is 0.125. The van der Waals surface area contributed by atoms with E-state index in [-0.39, 0.29) is 12.4 Å². The molecule has 3 aromatic carbocycles. The van der Waals surface area contributed by atoms with Crippen LogP contribution in [0.3, 0.4) is 0 Å². The van der Waals surface area contributed by atoms with Crippen molar-refractivity contribution in [3.05, 3.63) is 84.4 Å². The first-order valence-corrected chi connectivity index (χ1v) is 9.61. The zero-order valence-corrected chi connectivity index (χ0v) is 17.0. The van der Waals surface area contributed by atoms with Crippen LogP contribution < -0.4 is 15.4 Å². The largest absolute Gasteiger partial charge is 0.482 e. The minimum Gasteiger partial charge on any atom is -0.482 e. The molecule has 0 aromatic heterocycles. The molecule has 1 amide bonds. The Morgan fingerprint density at radius 3 is 2.16 bits per heavy atom. The highest BCUT2D eigenvalue weighted by Crippen LogP contribution is 2.19. The number of hydrogen-bond acceptors (Lipinski definition) is 6. The molecule has 0 atom stereocenters. The summed E-state index contributed by atoms with van der Waals surface area (Å²) in [4.78, 5) is 35.2. The molecule has 0 radical (unpaired) electrons. The Labute approximate surface area is 180 Å². The van der Waals surface area contributed by atoms with E-state index in [0.29, 0.717) is 17.0 Å². The van der Waals surface area contributed by atoms with Crippen molar-refractivity contribution in [2.24, 2.45) is 0 Å². The number of carbonyl (C=O) groups excluding carboxylic acids is 3. The van der Waals surface area contributed by atoms with Gasteiger partial charge in [-0.05, 0) is 55.5 Å². The first kappa shape index (κ1) is 21.6. The molecule has 3 aromatic rings. The molecule has 2 N–H and O–H groups in total. The summed E-state index contributed by atoms with van der Waals surface area (Å²) >= 11 is 0. The molecule has 7 nitrogen and oxygen atoms in total. The number of esters is 1. The number of para-hydroxylation sites is 1. The highest BCUT2D eigenvalue weighted by atomic mass is 16.6. The lowest BCUT2D eigenvalue weighted by atomic mass is 10.1. The van der Waals surface area contributed by atoms with E-state index in [1.807, 2.05) is 42.5 Å². The Hall–Kier alpha value is -4.13. The van der Waals surface area contributed by atoms with Crippen LogP contribution in [0, 0.1) is 0 Å². The fourth-order valence-corrected chi connectivity index (χ4v) is 2.67. The van der Waals surface area contributed by atoms with Gasteiger partial charge < -0.3 is 20.1 Å². The van der Waals surface area contributed by atoms with E-state index in [4.69, 9.17) is 9.47 Å². The Morgan fingerprint density at radius 1 is 0.774 bits per heavy atom. The predicted octanol–water partition coefficient (Wildman–Crippen LogP) is 4.19. The van der Waals surface area contributed by atoms with Crippen LogP contribution in [0.5, 0.6) is 5.75 Å². The highest BCUT2D eigenvalue weighted by molar-refractivity contribution is 5.97.